The molecule has 150 valence electrons. The van der Waals surface area contributed by atoms with Crippen LogP contribution in [0.2, 0.25) is 0 Å². The molecular formula is C20H34BrNO4. The molecule has 1 aromatic rings. The van der Waals surface area contributed by atoms with Crippen molar-refractivity contribution in [3.63, 3.8) is 0 Å². The van der Waals surface area contributed by atoms with Gasteiger partial charge in [-0.2, -0.15) is 0 Å². The molecular weight excluding hydrogens is 398 g/mol. The van der Waals surface area contributed by atoms with Crippen molar-refractivity contribution in [3.05, 3.63) is 16.6 Å². The average molecular weight is 432 g/mol. The number of ether oxygens (including phenoxy) is 2. The van der Waals surface area contributed by atoms with Gasteiger partial charge in [0.1, 0.15) is 0 Å². The first kappa shape index (κ1) is 23.1. The third-order valence-electron chi connectivity index (χ3n) is 5.47. The lowest BCUT2D eigenvalue weighted by atomic mass is 9.93. The third-order valence-corrected chi connectivity index (χ3v) is 6.22. The Balaban J connectivity index is 3.03. The summed E-state index contributed by atoms with van der Waals surface area (Å²) in [6.45, 7) is 15.1. The Bertz CT molecular complexity index is 628. The SMILES string of the molecule is C=C(C)c1c(Br)c(O)n(C(C)(CC)CCOC(C)(CC)CCOC)c1O. The van der Waals surface area contributed by atoms with Gasteiger partial charge in [-0.25, -0.2) is 0 Å². The van der Waals surface area contributed by atoms with Gasteiger partial charge in [0.25, 0.3) is 0 Å². The van der Waals surface area contributed by atoms with Crippen molar-refractivity contribution >= 4 is 21.5 Å². The summed E-state index contributed by atoms with van der Waals surface area (Å²) in [4.78, 5) is 0. The zero-order chi connectivity index (χ0) is 20.1. The van der Waals surface area contributed by atoms with E-state index in [2.05, 4.69) is 36.4 Å². The minimum absolute atomic E-state index is 0.0162. The van der Waals surface area contributed by atoms with Crippen LogP contribution in [-0.2, 0) is 15.0 Å². The lowest BCUT2D eigenvalue weighted by molar-refractivity contribution is -0.0615. The summed E-state index contributed by atoms with van der Waals surface area (Å²) >= 11 is 3.38. The number of aromatic hydroxyl groups is 2. The molecule has 5 nitrogen and oxygen atoms in total. The highest BCUT2D eigenvalue weighted by atomic mass is 79.9. The number of allylic oxidation sites excluding steroid dienone is 1. The fourth-order valence-corrected chi connectivity index (χ4v) is 3.74. The van der Waals surface area contributed by atoms with E-state index in [1.807, 2.05) is 13.8 Å². The molecule has 6 heteroatoms. The Labute approximate surface area is 166 Å². The molecule has 2 unspecified atom stereocenters. The molecule has 2 atom stereocenters. The molecule has 0 fully saturated rings. The van der Waals surface area contributed by atoms with Crippen molar-refractivity contribution in [2.24, 2.45) is 0 Å². The van der Waals surface area contributed by atoms with Gasteiger partial charge in [0.2, 0.25) is 11.8 Å². The Hall–Kier alpha value is -0.980. The molecule has 1 heterocycles. The largest absolute Gasteiger partial charge is 0.494 e. The molecule has 0 amide bonds. The standard InChI is InChI=1S/C20H34BrNO4/c1-8-19(5,10-13-26-20(6,9-2)11-12-25-7)22-17(23)15(14(3)4)16(21)18(22)24/h23-24H,3,8-13H2,1-2,4-7H3. The molecule has 0 spiro atoms. The van der Waals surface area contributed by atoms with E-state index in [0.717, 1.165) is 19.3 Å². The number of hydrogen-bond donors (Lipinski definition) is 2. The maximum atomic E-state index is 10.7. The zero-order valence-corrected chi connectivity index (χ0v) is 18.6. The molecule has 1 rings (SSSR count). The molecule has 0 aromatic carbocycles. The maximum absolute atomic E-state index is 10.7. The predicted molar refractivity (Wildman–Crippen MR) is 110 cm³/mol. The van der Waals surface area contributed by atoms with E-state index in [9.17, 15) is 10.2 Å². The van der Waals surface area contributed by atoms with E-state index in [1.54, 1.807) is 18.6 Å². The zero-order valence-electron chi connectivity index (χ0n) is 17.0. The van der Waals surface area contributed by atoms with E-state index < -0.39 is 5.54 Å². The van der Waals surface area contributed by atoms with Crippen molar-refractivity contribution in [3.8, 4) is 11.8 Å². The van der Waals surface area contributed by atoms with Crippen LogP contribution in [-0.4, -0.2) is 40.7 Å². The number of methoxy groups -OCH3 is 1. The van der Waals surface area contributed by atoms with Crippen LogP contribution in [0.3, 0.4) is 0 Å². The fraction of sp³-hybridized carbons (Fsp3) is 0.700. The lowest BCUT2D eigenvalue weighted by Gasteiger charge is -2.34. The second-order valence-corrected chi connectivity index (χ2v) is 8.24. The Morgan fingerprint density at radius 1 is 1.12 bits per heavy atom. The van der Waals surface area contributed by atoms with Gasteiger partial charge >= 0.3 is 0 Å². The van der Waals surface area contributed by atoms with E-state index >= 15 is 0 Å². The first-order valence-corrected chi connectivity index (χ1v) is 9.97. The number of hydrogen-bond acceptors (Lipinski definition) is 4. The third kappa shape index (κ3) is 4.84. The average Bonchev–Trinajstić information content (AvgIpc) is 2.82. The minimum atomic E-state index is -0.486. The molecule has 0 aliphatic carbocycles. The highest BCUT2D eigenvalue weighted by molar-refractivity contribution is 9.10. The quantitative estimate of drug-likeness (QED) is 0.489. The molecule has 1 aromatic heterocycles. The summed E-state index contributed by atoms with van der Waals surface area (Å²) in [5, 5.41) is 21.3. The van der Waals surface area contributed by atoms with Crippen LogP contribution in [0.1, 0.15) is 65.9 Å². The smallest absolute Gasteiger partial charge is 0.209 e. The molecule has 0 aliphatic rings. The molecule has 0 saturated carbocycles. The molecule has 0 aliphatic heterocycles. The monoisotopic (exact) mass is 431 g/mol. The van der Waals surface area contributed by atoms with Crippen molar-refractivity contribution in [1.82, 2.24) is 4.57 Å². The second kappa shape index (κ2) is 9.29. The van der Waals surface area contributed by atoms with Crippen LogP contribution in [0.4, 0.5) is 0 Å². The van der Waals surface area contributed by atoms with Crippen molar-refractivity contribution in [2.45, 2.75) is 71.4 Å². The van der Waals surface area contributed by atoms with Crippen LogP contribution < -0.4 is 0 Å². The number of nitrogens with zero attached hydrogens (tertiary/aromatic N) is 1. The maximum Gasteiger partial charge on any atom is 0.209 e. The summed E-state index contributed by atoms with van der Waals surface area (Å²) in [5.41, 5.74) is 0.507. The van der Waals surface area contributed by atoms with Gasteiger partial charge in [-0.1, -0.05) is 20.4 Å². The summed E-state index contributed by atoms with van der Waals surface area (Å²) < 4.78 is 13.4. The van der Waals surface area contributed by atoms with Crippen LogP contribution in [0.15, 0.2) is 11.1 Å². The number of halogens is 1. The highest BCUT2D eigenvalue weighted by Gasteiger charge is 2.34. The summed E-state index contributed by atoms with van der Waals surface area (Å²) in [5.74, 6) is 0.0475. The number of rotatable bonds is 11. The molecule has 0 radical (unpaired) electrons. The first-order valence-electron chi connectivity index (χ1n) is 9.18. The normalized spacial score (nSPS) is 16.3. The molecule has 26 heavy (non-hydrogen) atoms. The van der Waals surface area contributed by atoms with Crippen LogP contribution in [0.5, 0.6) is 11.8 Å². The van der Waals surface area contributed by atoms with Gasteiger partial charge in [0.15, 0.2) is 0 Å². The van der Waals surface area contributed by atoms with Gasteiger partial charge in [-0.05, 0) is 68.0 Å². The van der Waals surface area contributed by atoms with Crippen molar-refractivity contribution in [1.29, 1.82) is 0 Å². The molecule has 0 bridgehead atoms. The molecule has 2 N–H and O–H groups in total. The van der Waals surface area contributed by atoms with Crippen LogP contribution >= 0.6 is 15.9 Å². The van der Waals surface area contributed by atoms with E-state index in [1.165, 1.54) is 0 Å². The Morgan fingerprint density at radius 2 is 1.73 bits per heavy atom. The van der Waals surface area contributed by atoms with Gasteiger partial charge in [0, 0.05) is 20.3 Å². The minimum Gasteiger partial charge on any atom is -0.494 e. The highest BCUT2D eigenvalue weighted by Crippen LogP contribution is 2.46. The predicted octanol–water partition coefficient (Wildman–Crippen LogP) is 5.43. The van der Waals surface area contributed by atoms with Crippen molar-refractivity contribution < 1.29 is 19.7 Å². The van der Waals surface area contributed by atoms with Gasteiger partial charge in [-0.3, -0.25) is 4.57 Å². The number of aromatic nitrogens is 1. The van der Waals surface area contributed by atoms with Gasteiger partial charge in [-0.15, -0.1) is 0 Å². The molecule has 0 saturated heterocycles. The Kier molecular flexibility index (Phi) is 8.24. The van der Waals surface area contributed by atoms with Gasteiger partial charge < -0.3 is 19.7 Å². The summed E-state index contributed by atoms with van der Waals surface area (Å²) in [6.07, 6.45) is 3.11. The van der Waals surface area contributed by atoms with E-state index in [0.29, 0.717) is 35.2 Å². The first-order chi connectivity index (χ1) is 12.1. The van der Waals surface area contributed by atoms with Crippen molar-refractivity contribution in [2.75, 3.05) is 20.3 Å². The lowest BCUT2D eigenvalue weighted by Crippen LogP contribution is -2.34. The topological polar surface area (TPSA) is 63.9 Å². The van der Waals surface area contributed by atoms with E-state index in [4.69, 9.17) is 9.47 Å². The van der Waals surface area contributed by atoms with Gasteiger partial charge in [0.05, 0.1) is 21.2 Å². The van der Waals surface area contributed by atoms with Crippen LogP contribution in [0.25, 0.3) is 5.57 Å². The summed E-state index contributed by atoms with van der Waals surface area (Å²) in [7, 11) is 1.69. The summed E-state index contributed by atoms with van der Waals surface area (Å²) in [6, 6.07) is 0. The second-order valence-electron chi connectivity index (χ2n) is 7.45. The van der Waals surface area contributed by atoms with Crippen LogP contribution in [0, 0.1) is 0 Å². The van der Waals surface area contributed by atoms with E-state index in [-0.39, 0.29) is 17.4 Å². The Morgan fingerprint density at radius 3 is 2.15 bits per heavy atom. The fourth-order valence-electron chi connectivity index (χ4n) is 3.04.